The Labute approximate surface area is 31.2 Å². The minimum absolute atomic E-state index is 0.0926. The summed E-state index contributed by atoms with van der Waals surface area (Å²) in [6, 6.07) is 0. The zero-order valence-corrected chi connectivity index (χ0v) is 3.64. The van der Waals surface area contributed by atoms with Crippen LogP contribution in [0, 0.1) is 0 Å². The molecule has 0 fully saturated rings. The molecule has 0 heterocycles. The minimum Gasteiger partial charge on any atom is -0.539 e. The number of rotatable bonds is 1. The second kappa shape index (κ2) is 2.04. The van der Waals surface area contributed by atoms with Crippen molar-refractivity contribution in [3.05, 3.63) is 0 Å². The average Bonchev–Trinajstić information content (AvgIpc) is 1.38. The van der Waals surface area contributed by atoms with E-state index >= 15 is 0 Å². The number of hydrogen-bond acceptors (Lipinski definition) is 2. The van der Waals surface area contributed by atoms with Crippen molar-refractivity contribution >= 4 is 8.93 Å². The molecule has 0 aliphatic carbocycles. The highest BCUT2D eigenvalue weighted by molar-refractivity contribution is 6.33. The van der Waals surface area contributed by atoms with Gasteiger partial charge in [-0.1, -0.05) is 0 Å². The summed E-state index contributed by atoms with van der Waals surface area (Å²) in [5.74, 6) is 0. The van der Waals surface area contributed by atoms with Gasteiger partial charge in [-0.3, -0.25) is 0 Å². The standard InChI is InChI=1S/CH5NO2Si/c2-1-5(3)4/h3H,1-2H2. The lowest BCUT2D eigenvalue weighted by molar-refractivity contribution is 0.448. The Balaban J connectivity index is 2.85. The van der Waals surface area contributed by atoms with Gasteiger partial charge in [0.2, 0.25) is 0 Å². The predicted molar refractivity (Wildman–Crippen MR) is 17.7 cm³/mol. The summed E-state index contributed by atoms with van der Waals surface area (Å²) in [5, 5.41) is 0. The summed E-state index contributed by atoms with van der Waals surface area (Å²) in [5.41, 5.74) is 4.65. The highest BCUT2D eigenvalue weighted by atomic mass is 28.3. The number of hydrogen-bond donors (Lipinski definition) is 2. The molecule has 0 rings (SSSR count). The first-order chi connectivity index (χ1) is 2.27. The summed E-state index contributed by atoms with van der Waals surface area (Å²) in [4.78, 5) is 7.78. The quantitative estimate of drug-likeness (QED) is 0.382. The fourth-order valence-electron chi connectivity index (χ4n) is 0. The smallest absolute Gasteiger partial charge is 0.514 e. The van der Waals surface area contributed by atoms with E-state index in [1.54, 1.807) is 0 Å². The molecule has 0 spiro atoms. The van der Waals surface area contributed by atoms with Gasteiger partial charge < -0.3 is 15.0 Å². The molecule has 0 aromatic carbocycles. The first kappa shape index (κ1) is 4.78. The van der Waals surface area contributed by atoms with E-state index in [1.165, 1.54) is 0 Å². The van der Waals surface area contributed by atoms with Gasteiger partial charge >= 0.3 is 8.93 Å². The van der Waals surface area contributed by atoms with Crippen LogP contribution in [0.4, 0.5) is 0 Å². The molecule has 0 bridgehead atoms. The van der Waals surface area contributed by atoms with Gasteiger partial charge in [-0.15, -0.1) is 0 Å². The Bertz CT molecular complexity index is 44.9. The van der Waals surface area contributed by atoms with E-state index in [2.05, 4.69) is 5.73 Å². The average molecular weight is 91.1 g/mol. The van der Waals surface area contributed by atoms with Crippen molar-refractivity contribution in [2.24, 2.45) is 5.73 Å². The molecule has 0 amide bonds. The van der Waals surface area contributed by atoms with Crippen molar-refractivity contribution < 1.29 is 9.26 Å². The molecule has 3 nitrogen and oxygen atoms in total. The molecule has 0 unspecified atom stereocenters. The van der Waals surface area contributed by atoms with Crippen LogP contribution in [0.15, 0.2) is 0 Å². The Morgan fingerprint density at radius 2 is 2.20 bits per heavy atom. The SMILES string of the molecule is NC[Si](=O)O. The zero-order chi connectivity index (χ0) is 4.28. The molecule has 0 saturated carbocycles. The Hall–Kier alpha value is -0.223. The van der Waals surface area contributed by atoms with E-state index < -0.39 is 8.93 Å². The molecule has 4 heteroatoms. The third-order valence-electron chi connectivity index (χ3n) is 0.175. The van der Waals surface area contributed by atoms with E-state index in [1.807, 2.05) is 0 Å². The molecule has 30 valence electrons. The third-order valence-corrected chi connectivity index (χ3v) is 0.524. The normalized spacial score (nSPS) is 7.40. The summed E-state index contributed by atoms with van der Waals surface area (Å²) in [6.45, 7) is 0. The predicted octanol–water partition coefficient (Wildman–Crippen LogP) is -1.60. The summed E-state index contributed by atoms with van der Waals surface area (Å²) < 4.78 is 9.43. The van der Waals surface area contributed by atoms with Crippen molar-refractivity contribution in [3.63, 3.8) is 0 Å². The van der Waals surface area contributed by atoms with Crippen LogP contribution in [0.25, 0.3) is 0 Å². The highest BCUT2D eigenvalue weighted by Crippen LogP contribution is 1.39. The van der Waals surface area contributed by atoms with E-state index in [0.29, 0.717) is 0 Å². The molecular formula is CH5NO2Si. The zero-order valence-electron chi connectivity index (χ0n) is 2.64. The highest BCUT2D eigenvalue weighted by Gasteiger charge is 1.89. The van der Waals surface area contributed by atoms with Gasteiger partial charge in [0, 0.05) is 0 Å². The molecule has 0 aliphatic heterocycles. The van der Waals surface area contributed by atoms with Crippen LogP contribution < -0.4 is 5.73 Å². The Kier molecular flexibility index (Phi) is 1.95. The second-order valence-electron chi connectivity index (χ2n) is 0.598. The van der Waals surface area contributed by atoms with Gasteiger partial charge in [-0.2, -0.15) is 0 Å². The van der Waals surface area contributed by atoms with Gasteiger partial charge in [-0.25, -0.2) is 0 Å². The fourth-order valence-corrected chi connectivity index (χ4v) is 0. The number of nitrogens with two attached hydrogens (primary N) is 1. The van der Waals surface area contributed by atoms with Crippen LogP contribution in [0.5, 0.6) is 0 Å². The van der Waals surface area contributed by atoms with Gasteiger partial charge in [0.05, 0.1) is 6.17 Å². The maximum absolute atomic E-state index is 9.43. The lowest BCUT2D eigenvalue weighted by Gasteiger charge is -1.69. The van der Waals surface area contributed by atoms with Crippen LogP contribution in [0.2, 0.25) is 0 Å². The monoisotopic (exact) mass is 91.0 g/mol. The van der Waals surface area contributed by atoms with Crippen LogP contribution in [-0.4, -0.2) is 19.9 Å². The molecular weight excluding hydrogens is 86.1 g/mol. The van der Waals surface area contributed by atoms with Crippen molar-refractivity contribution in [1.29, 1.82) is 0 Å². The van der Waals surface area contributed by atoms with Gasteiger partial charge in [-0.05, 0) is 0 Å². The molecule has 3 N–H and O–H groups in total. The maximum atomic E-state index is 9.43. The largest absolute Gasteiger partial charge is 0.539 e. The van der Waals surface area contributed by atoms with Crippen molar-refractivity contribution in [2.45, 2.75) is 0 Å². The van der Waals surface area contributed by atoms with Crippen molar-refractivity contribution in [3.8, 4) is 0 Å². The van der Waals surface area contributed by atoms with E-state index in [4.69, 9.17) is 4.80 Å². The lowest BCUT2D eigenvalue weighted by Crippen LogP contribution is -2.13. The molecule has 0 atom stereocenters. The molecule has 0 aliphatic rings. The van der Waals surface area contributed by atoms with E-state index in [-0.39, 0.29) is 6.17 Å². The van der Waals surface area contributed by atoms with Crippen LogP contribution in [0.3, 0.4) is 0 Å². The summed E-state index contributed by atoms with van der Waals surface area (Å²) >= 11 is 0. The summed E-state index contributed by atoms with van der Waals surface area (Å²) in [7, 11) is -2.35. The second-order valence-corrected chi connectivity index (χ2v) is 1.79. The summed E-state index contributed by atoms with van der Waals surface area (Å²) in [6.07, 6.45) is -0.0926. The molecule has 5 heavy (non-hydrogen) atoms. The topological polar surface area (TPSA) is 63.3 Å². The Morgan fingerprint density at radius 1 is 2.00 bits per heavy atom. The van der Waals surface area contributed by atoms with E-state index in [0.717, 1.165) is 0 Å². The molecule has 0 aromatic heterocycles. The Morgan fingerprint density at radius 3 is 2.20 bits per heavy atom. The third kappa shape index (κ3) is 3.78. The van der Waals surface area contributed by atoms with E-state index in [9.17, 15) is 4.46 Å². The van der Waals surface area contributed by atoms with Gasteiger partial charge in [0.15, 0.2) is 0 Å². The van der Waals surface area contributed by atoms with Crippen LogP contribution in [0.1, 0.15) is 0 Å². The molecule has 0 aromatic rings. The van der Waals surface area contributed by atoms with Crippen LogP contribution >= 0.6 is 0 Å². The molecule has 0 saturated heterocycles. The van der Waals surface area contributed by atoms with Crippen molar-refractivity contribution in [1.82, 2.24) is 0 Å². The lowest BCUT2D eigenvalue weighted by atomic mass is 11.5. The van der Waals surface area contributed by atoms with Crippen LogP contribution in [-0.2, 0) is 4.46 Å². The molecule has 0 radical (unpaired) electrons. The van der Waals surface area contributed by atoms with Gasteiger partial charge in [0.1, 0.15) is 0 Å². The first-order valence-electron chi connectivity index (χ1n) is 1.19. The first-order valence-corrected chi connectivity index (χ1v) is 2.75. The fraction of sp³-hybridized carbons (Fsp3) is 1.00. The minimum atomic E-state index is -2.35. The van der Waals surface area contributed by atoms with Crippen molar-refractivity contribution in [2.75, 3.05) is 6.17 Å². The maximum Gasteiger partial charge on any atom is 0.514 e. The van der Waals surface area contributed by atoms with Gasteiger partial charge in [0.25, 0.3) is 0 Å².